The summed E-state index contributed by atoms with van der Waals surface area (Å²) in [6.45, 7) is 0.793. The minimum Gasteiger partial charge on any atom is -0.327 e. The van der Waals surface area contributed by atoms with E-state index in [0.29, 0.717) is 0 Å². The third-order valence-corrected chi connectivity index (χ3v) is 4.62. The molecule has 2 nitrogen and oxygen atoms in total. The number of hydrogen-bond acceptors (Lipinski definition) is 1. The monoisotopic (exact) mass is 333 g/mol. The highest BCUT2D eigenvalue weighted by Crippen LogP contribution is 2.36. The highest BCUT2D eigenvalue weighted by atomic mass is 35.5. The van der Waals surface area contributed by atoms with Gasteiger partial charge in [0.15, 0.2) is 0 Å². The van der Waals surface area contributed by atoms with E-state index in [1.807, 2.05) is 71.6 Å². The molecule has 0 saturated carbocycles. The summed E-state index contributed by atoms with van der Waals surface area (Å²) in [7, 11) is 0. The van der Waals surface area contributed by atoms with E-state index in [1.54, 1.807) is 0 Å². The summed E-state index contributed by atoms with van der Waals surface area (Å²) in [5.74, 6) is 0.0894. The largest absolute Gasteiger partial charge is 0.327 e. The third-order valence-electron chi connectivity index (χ3n) is 4.37. The van der Waals surface area contributed by atoms with Crippen molar-refractivity contribution < 1.29 is 4.79 Å². The van der Waals surface area contributed by atoms with Crippen molar-refractivity contribution in [3.63, 3.8) is 0 Å². The molecule has 24 heavy (non-hydrogen) atoms. The molecular formula is C21H16ClNO. The molecule has 1 aliphatic rings. The van der Waals surface area contributed by atoms with Crippen LogP contribution in [0, 0.1) is 0 Å². The zero-order valence-electron chi connectivity index (χ0n) is 13.0. The van der Waals surface area contributed by atoms with E-state index in [9.17, 15) is 4.79 Å². The lowest BCUT2D eigenvalue weighted by molar-refractivity contribution is 0.0874. The van der Waals surface area contributed by atoms with Gasteiger partial charge in [0.25, 0.3) is 5.91 Å². The molecule has 3 aromatic carbocycles. The van der Waals surface area contributed by atoms with Gasteiger partial charge in [-0.25, -0.2) is 0 Å². The Morgan fingerprint density at radius 3 is 2.04 bits per heavy atom. The molecule has 1 atom stereocenters. The fraction of sp³-hybridized carbons (Fsp3) is 0.0952. The van der Waals surface area contributed by atoms with E-state index in [0.717, 1.165) is 28.3 Å². The Morgan fingerprint density at radius 1 is 0.833 bits per heavy atom. The van der Waals surface area contributed by atoms with E-state index in [2.05, 4.69) is 12.1 Å². The van der Waals surface area contributed by atoms with Crippen molar-refractivity contribution in [2.45, 2.75) is 6.04 Å². The Labute approximate surface area is 146 Å². The van der Waals surface area contributed by atoms with E-state index >= 15 is 0 Å². The van der Waals surface area contributed by atoms with E-state index in [4.69, 9.17) is 11.6 Å². The fourth-order valence-corrected chi connectivity index (χ4v) is 3.06. The Balaban J connectivity index is 1.49. The topological polar surface area (TPSA) is 20.1 Å². The molecule has 1 aliphatic heterocycles. The van der Waals surface area contributed by atoms with Crippen LogP contribution in [0.5, 0.6) is 0 Å². The third kappa shape index (κ3) is 2.93. The second-order valence-electron chi connectivity index (χ2n) is 5.97. The van der Waals surface area contributed by atoms with Gasteiger partial charge in [-0.1, -0.05) is 66.2 Å². The van der Waals surface area contributed by atoms with Crippen LogP contribution >= 0.6 is 11.6 Å². The lowest BCUT2D eigenvalue weighted by Crippen LogP contribution is -2.11. The molecule has 0 radical (unpaired) electrons. The maximum absolute atomic E-state index is 12.6. The van der Waals surface area contributed by atoms with Crippen LogP contribution in [-0.2, 0) is 0 Å². The normalized spacial score (nSPS) is 16.0. The highest BCUT2D eigenvalue weighted by molar-refractivity contribution is 6.30. The van der Waals surface area contributed by atoms with Gasteiger partial charge in [-0.15, -0.1) is 0 Å². The van der Waals surface area contributed by atoms with Crippen LogP contribution < -0.4 is 0 Å². The second-order valence-corrected chi connectivity index (χ2v) is 6.40. The number of amides is 1. The molecule has 0 aliphatic carbocycles. The predicted octanol–water partition coefficient (Wildman–Crippen LogP) is 5.20. The standard InChI is InChI=1S/C21H16ClNO/c22-19-12-10-16(11-13-19)15-6-8-18(9-7-15)21(24)23-14-20(23)17-4-2-1-3-5-17/h1-13,20H,14H2/t20-,23?/m0/s1. The molecule has 0 N–H and O–H groups in total. The molecule has 0 bridgehead atoms. The van der Waals surface area contributed by atoms with Crippen molar-refractivity contribution in [3.8, 4) is 11.1 Å². The number of hydrogen-bond donors (Lipinski definition) is 0. The molecule has 4 rings (SSSR count). The Bertz CT molecular complexity index is 857. The van der Waals surface area contributed by atoms with Crippen LogP contribution in [0.15, 0.2) is 78.9 Å². The first kappa shape index (κ1) is 15.0. The molecule has 118 valence electrons. The fourth-order valence-electron chi connectivity index (χ4n) is 2.94. The summed E-state index contributed by atoms with van der Waals surface area (Å²) in [4.78, 5) is 14.5. The zero-order chi connectivity index (χ0) is 16.5. The van der Waals surface area contributed by atoms with Crippen LogP contribution in [0.3, 0.4) is 0 Å². The van der Waals surface area contributed by atoms with Crippen LogP contribution in [0.1, 0.15) is 22.0 Å². The number of benzene rings is 3. The summed E-state index contributed by atoms with van der Waals surface area (Å²) in [5, 5.41) is 0.721. The number of rotatable bonds is 3. The number of halogens is 1. The number of carbonyl (C=O) groups excluding carboxylic acids is 1. The average Bonchev–Trinajstić information content (AvgIpc) is 3.43. The quantitative estimate of drug-likeness (QED) is 0.603. The Morgan fingerprint density at radius 2 is 1.42 bits per heavy atom. The van der Waals surface area contributed by atoms with Crippen molar-refractivity contribution in [1.82, 2.24) is 4.90 Å². The van der Waals surface area contributed by atoms with Gasteiger partial charge in [-0.3, -0.25) is 4.79 Å². The molecule has 1 fully saturated rings. The molecule has 3 aromatic rings. The van der Waals surface area contributed by atoms with Crippen LogP contribution in [0.4, 0.5) is 0 Å². The maximum atomic E-state index is 12.6. The van der Waals surface area contributed by atoms with E-state index < -0.39 is 0 Å². The van der Waals surface area contributed by atoms with Gasteiger partial charge in [0.1, 0.15) is 0 Å². The smallest absolute Gasteiger partial charge is 0.254 e. The SMILES string of the molecule is O=C(c1ccc(-c2ccc(Cl)cc2)cc1)N1C[C@H]1c1ccccc1. The van der Waals surface area contributed by atoms with Crippen molar-refractivity contribution in [2.75, 3.05) is 6.54 Å². The van der Waals surface area contributed by atoms with Crippen LogP contribution in [-0.4, -0.2) is 17.4 Å². The molecule has 1 heterocycles. The summed E-state index contributed by atoms with van der Waals surface area (Å²) in [5.41, 5.74) is 4.09. The number of nitrogens with zero attached hydrogens (tertiary/aromatic N) is 1. The molecule has 0 unspecified atom stereocenters. The molecule has 0 spiro atoms. The van der Waals surface area contributed by atoms with Gasteiger partial charge in [0.2, 0.25) is 0 Å². The Kier molecular flexibility index (Phi) is 3.83. The van der Waals surface area contributed by atoms with Crippen molar-refractivity contribution in [2.24, 2.45) is 0 Å². The summed E-state index contributed by atoms with van der Waals surface area (Å²) >= 11 is 5.92. The van der Waals surface area contributed by atoms with Gasteiger partial charge in [-0.2, -0.15) is 0 Å². The van der Waals surface area contributed by atoms with Crippen molar-refractivity contribution in [1.29, 1.82) is 0 Å². The van der Waals surface area contributed by atoms with Gasteiger partial charge in [-0.05, 0) is 41.0 Å². The highest BCUT2D eigenvalue weighted by Gasteiger charge is 2.39. The maximum Gasteiger partial charge on any atom is 0.254 e. The first-order chi connectivity index (χ1) is 11.7. The second kappa shape index (κ2) is 6.14. The van der Waals surface area contributed by atoms with Gasteiger partial charge < -0.3 is 4.90 Å². The summed E-state index contributed by atoms with van der Waals surface area (Å²) in [6, 6.07) is 25.8. The van der Waals surface area contributed by atoms with E-state index in [-0.39, 0.29) is 11.9 Å². The van der Waals surface area contributed by atoms with Crippen molar-refractivity contribution >= 4 is 17.5 Å². The summed E-state index contributed by atoms with van der Waals surface area (Å²) in [6.07, 6.45) is 0. The van der Waals surface area contributed by atoms with Gasteiger partial charge in [0, 0.05) is 17.1 Å². The molecule has 0 aromatic heterocycles. The lowest BCUT2D eigenvalue weighted by Gasteiger charge is -2.07. The summed E-state index contributed by atoms with van der Waals surface area (Å²) < 4.78 is 0. The first-order valence-corrected chi connectivity index (χ1v) is 8.32. The molecule has 1 saturated heterocycles. The minimum absolute atomic E-state index is 0.0894. The molecule has 1 amide bonds. The first-order valence-electron chi connectivity index (χ1n) is 7.94. The van der Waals surface area contributed by atoms with Crippen molar-refractivity contribution in [3.05, 3.63) is 95.0 Å². The minimum atomic E-state index is 0.0894. The Hall–Kier alpha value is -2.58. The van der Waals surface area contributed by atoms with Crippen LogP contribution in [0.2, 0.25) is 5.02 Å². The molecule has 3 heteroatoms. The van der Waals surface area contributed by atoms with E-state index in [1.165, 1.54) is 5.56 Å². The zero-order valence-corrected chi connectivity index (χ0v) is 13.8. The lowest BCUT2D eigenvalue weighted by atomic mass is 10.0. The number of carbonyl (C=O) groups is 1. The average molecular weight is 334 g/mol. The van der Waals surface area contributed by atoms with Crippen LogP contribution in [0.25, 0.3) is 11.1 Å². The van der Waals surface area contributed by atoms with Gasteiger partial charge >= 0.3 is 0 Å². The van der Waals surface area contributed by atoms with Gasteiger partial charge in [0.05, 0.1) is 6.04 Å². The molecular weight excluding hydrogens is 318 g/mol. The predicted molar refractivity (Wildman–Crippen MR) is 97.1 cm³/mol.